The van der Waals surface area contributed by atoms with E-state index in [-0.39, 0.29) is 0 Å². The minimum absolute atomic E-state index is 0.753. The number of nitrogens with one attached hydrogen (secondary N) is 1. The average Bonchev–Trinajstić information content (AvgIpc) is 2.43. The van der Waals surface area contributed by atoms with Crippen LogP contribution in [0.15, 0.2) is 0 Å². The number of hydrogen-bond donors (Lipinski definition) is 1. The lowest BCUT2D eigenvalue weighted by atomic mass is 9.48. The van der Waals surface area contributed by atoms with E-state index in [1.54, 1.807) is 38.5 Å². The molecule has 1 nitrogen and oxygen atoms in total. The van der Waals surface area contributed by atoms with Crippen LogP contribution < -0.4 is 5.32 Å². The Morgan fingerprint density at radius 2 is 1.57 bits per heavy atom. The van der Waals surface area contributed by atoms with E-state index in [0.29, 0.717) is 0 Å². The summed E-state index contributed by atoms with van der Waals surface area (Å²) in [5.41, 5.74) is 0.753. The molecule has 3 atom stereocenters. The van der Waals surface area contributed by atoms with E-state index in [0.717, 1.165) is 41.0 Å². The highest BCUT2D eigenvalue weighted by atomic mass is 14.9. The van der Waals surface area contributed by atoms with Gasteiger partial charge in [-0.3, -0.25) is 0 Å². The Morgan fingerprint density at radius 3 is 2.10 bits per heavy atom. The first kappa shape index (κ1) is 14.5. The zero-order valence-corrected chi connectivity index (χ0v) is 14.2. The Morgan fingerprint density at radius 1 is 0.952 bits per heavy atom. The molecule has 0 amide bonds. The first-order valence-corrected chi connectivity index (χ1v) is 9.83. The quantitative estimate of drug-likeness (QED) is 0.767. The summed E-state index contributed by atoms with van der Waals surface area (Å²) in [7, 11) is 2.24. The summed E-state index contributed by atoms with van der Waals surface area (Å²) >= 11 is 0. The van der Waals surface area contributed by atoms with E-state index < -0.39 is 0 Å². The topological polar surface area (TPSA) is 12.0 Å². The van der Waals surface area contributed by atoms with E-state index in [2.05, 4.69) is 19.3 Å². The van der Waals surface area contributed by atoms with Crippen molar-refractivity contribution in [2.24, 2.45) is 35.0 Å². The van der Waals surface area contributed by atoms with Gasteiger partial charge in [0.2, 0.25) is 0 Å². The van der Waals surface area contributed by atoms with Crippen molar-refractivity contribution in [1.82, 2.24) is 5.32 Å². The van der Waals surface area contributed by atoms with E-state index in [9.17, 15) is 0 Å². The van der Waals surface area contributed by atoms with Crippen molar-refractivity contribution in [2.75, 3.05) is 7.05 Å². The van der Waals surface area contributed by atoms with Crippen molar-refractivity contribution in [3.05, 3.63) is 0 Å². The van der Waals surface area contributed by atoms with Gasteiger partial charge in [-0.05, 0) is 99.8 Å². The second-order valence-electron chi connectivity index (χ2n) is 9.55. The summed E-state index contributed by atoms with van der Waals surface area (Å²) in [5.74, 6) is 5.26. The van der Waals surface area contributed by atoms with Gasteiger partial charge in [0.1, 0.15) is 0 Å². The van der Waals surface area contributed by atoms with Gasteiger partial charge in [-0.1, -0.05) is 19.8 Å². The summed E-state index contributed by atoms with van der Waals surface area (Å²) in [4.78, 5) is 0. The molecule has 0 spiro atoms. The second kappa shape index (κ2) is 5.55. The standard InChI is InChI=1S/C20H35N/c1-14-4-3-5-18(6-14)19(21-2)13-20-10-15-7-16(11-20)9-17(8-15)12-20/h14-19,21H,3-13H2,1-2H3. The smallest absolute Gasteiger partial charge is 0.00977 e. The zero-order valence-electron chi connectivity index (χ0n) is 14.2. The molecule has 5 aliphatic carbocycles. The zero-order chi connectivity index (χ0) is 14.4. The fourth-order valence-electron chi connectivity index (χ4n) is 7.36. The lowest BCUT2D eigenvalue weighted by Crippen LogP contribution is -2.50. The van der Waals surface area contributed by atoms with Crippen LogP contribution in [0, 0.1) is 35.0 Å². The first-order valence-electron chi connectivity index (χ1n) is 9.83. The Bertz CT molecular complexity index is 339. The predicted octanol–water partition coefficient (Wildman–Crippen LogP) is 5.01. The molecule has 4 bridgehead atoms. The molecule has 120 valence electrons. The van der Waals surface area contributed by atoms with Crippen LogP contribution in [0.25, 0.3) is 0 Å². The summed E-state index contributed by atoms with van der Waals surface area (Å²) in [6.07, 6.45) is 16.9. The van der Waals surface area contributed by atoms with E-state index in [1.165, 1.54) is 32.1 Å². The first-order chi connectivity index (χ1) is 10.2. The lowest BCUT2D eigenvalue weighted by Gasteiger charge is -2.58. The molecule has 3 unspecified atom stereocenters. The second-order valence-corrected chi connectivity index (χ2v) is 9.55. The minimum Gasteiger partial charge on any atom is -0.317 e. The Hall–Kier alpha value is -0.0400. The van der Waals surface area contributed by atoms with Crippen molar-refractivity contribution in [3.8, 4) is 0 Å². The van der Waals surface area contributed by atoms with Gasteiger partial charge in [0, 0.05) is 6.04 Å². The Kier molecular flexibility index (Phi) is 3.84. The highest BCUT2D eigenvalue weighted by Crippen LogP contribution is 2.62. The van der Waals surface area contributed by atoms with Crippen LogP contribution >= 0.6 is 0 Å². The molecule has 0 saturated heterocycles. The van der Waals surface area contributed by atoms with Gasteiger partial charge in [0.15, 0.2) is 0 Å². The third-order valence-electron chi connectivity index (χ3n) is 7.73. The monoisotopic (exact) mass is 289 g/mol. The maximum absolute atomic E-state index is 3.77. The van der Waals surface area contributed by atoms with Gasteiger partial charge in [0.05, 0.1) is 0 Å². The van der Waals surface area contributed by atoms with Crippen LogP contribution in [0.5, 0.6) is 0 Å². The normalized spacial score (nSPS) is 50.3. The van der Waals surface area contributed by atoms with Crippen LogP contribution in [0.4, 0.5) is 0 Å². The van der Waals surface area contributed by atoms with Crippen molar-refractivity contribution >= 4 is 0 Å². The maximum atomic E-state index is 3.77. The van der Waals surface area contributed by atoms with Crippen molar-refractivity contribution in [2.45, 2.75) is 83.6 Å². The minimum atomic E-state index is 0.753. The third kappa shape index (κ3) is 2.80. The Balaban J connectivity index is 1.46. The Labute approximate surface area is 131 Å². The van der Waals surface area contributed by atoms with E-state index in [4.69, 9.17) is 0 Å². The molecule has 0 aromatic rings. The summed E-state index contributed by atoms with van der Waals surface area (Å²) in [6, 6.07) is 0.809. The summed E-state index contributed by atoms with van der Waals surface area (Å²) in [6.45, 7) is 2.48. The lowest BCUT2D eigenvalue weighted by molar-refractivity contribution is -0.0658. The van der Waals surface area contributed by atoms with Crippen LogP contribution in [0.3, 0.4) is 0 Å². The molecular formula is C20H35N. The molecule has 5 rings (SSSR count). The fourth-order valence-corrected chi connectivity index (χ4v) is 7.36. The molecule has 0 heterocycles. The molecule has 1 heteroatoms. The van der Waals surface area contributed by atoms with Gasteiger partial charge in [-0.2, -0.15) is 0 Å². The molecule has 1 N–H and O–H groups in total. The average molecular weight is 290 g/mol. The highest BCUT2D eigenvalue weighted by Gasteiger charge is 2.51. The number of hydrogen-bond acceptors (Lipinski definition) is 1. The molecule has 0 aliphatic heterocycles. The summed E-state index contributed by atoms with van der Waals surface area (Å²) < 4.78 is 0. The largest absolute Gasteiger partial charge is 0.317 e. The van der Waals surface area contributed by atoms with Gasteiger partial charge < -0.3 is 5.32 Å². The fraction of sp³-hybridized carbons (Fsp3) is 1.00. The molecule has 0 radical (unpaired) electrons. The number of rotatable bonds is 4. The third-order valence-corrected chi connectivity index (χ3v) is 7.73. The van der Waals surface area contributed by atoms with E-state index >= 15 is 0 Å². The van der Waals surface area contributed by atoms with Gasteiger partial charge in [0.25, 0.3) is 0 Å². The maximum Gasteiger partial charge on any atom is 0.00977 e. The van der Waals surface area contributed by atoms with Crippen LogP contribution in [-0.4, -0.2) is 13.1 Å². The molecular weight excluding hydrogens is 254 g/mol. The van der Waals surface area contributed by atoms with Crippen molar-refractivity contribution in [1.29, 1.82) is 0 Å². The molecule has 5 aliphatic rings. The highest BCUT2D eigenvalue weighted by molar-refractivity contribution is 5.03. The van der Waals surface area contributed by atoms with Gasteiger partial charge >= 0.3 is 0 Å². The van der Waals surface area contributed by atoms with Crippen molar-refractivity contribution < 1.29 is 0 Å². The summed E-state index contributed by atoms with van der Waals surface area (Å²) in [5, 5.41) is 3.77. The van der Waals surface area contributed by atoms with Crippen molar-refractivity contribution in [3.63, 3.8) is 0 Å². The van der Waals surface area contributed by atoms with Crippen LogP contribution in [0.1, 0.15) is 77.6 Å². The van der Waals surface area contributed by atoms with E-state index in [1.807, 2.05) is 0 Å². The molecule has 5 fully saturated rings. The van der Waals surface area contributed by atoms with Gasteiger partial charge in [-0.25, -0.2) is 0 Å². The predicted molar refractivity (Wildman–Crippen MR) is 89.2 cm³/mol. The molecule has 0 aromatic heterocycles. The van der Waals surface area contributed by atoms with Crippen LogP contribution in [0.2, 0.25) is 0 Å². The molecule has 0 aromatic carbocycles. The molecule has 5 saturated carbocycles. The van der Waals surface area contributed by atoms with Crippen LogP contribution in [-0.2, 0) is 0 Å². The van der Waals surface area contributed by atoms with Gasteiger partial charge in [-0.15, -0.1) is 0 Å². The SMILES string of the molecule is CNC(CC12CC3CC(CC(C3)C1)C2)C1CCCC(C)C1. The molecule has 21 heavy (non-hydrogen) atoms.